The first-order chi connectivity index (χ1) is 9.44. The number of carbonyl (C=O) groups excluding carboxylic acids is 1. The number of nitrogens with one attached hydrogen (secondary N) is 3. The Kier molecular flexibility index (Phi) is 3.72. The molecule has 1 amide bonds. The minimum Gasteiger partial charge on any atom is -0.356 e. The number of benzene rings is 1. The predicted molar refractivity (Wildman–Crippen MR) is 69.7 cm³/mol. The van der Waals surface area contributed by atoms with Crippen molar-refractivity contribution >= 4 is 21.6 Å². The maximum Gasteiger partial charge on any atom is 0.281 e. The Morgan fingerprint density at radius 1 is 1.30 bits per heavy atom. The molecule has 9 heteroatoms. The molecule has 0 aliphatic carbocycles. The molecule has 2 rings (SSSR count). The molecule has 5 N–H and O–H groups in total. The van der Waals surface area contributed by atoms with Crippen molar-refractivity contribution in [1.82, 2.24) is 10.4 Å². The Morgan fingerprint density at radius 2 is 2.00 bits per heavy atom. The Morgan fingerprint density at radius 3 is 2.65 bits per heavy atom. The number of carbonyl (C=O) groups is 1. The number of rotatable bonds is 4. The third kappa shape index (κ3) is 2.78. The zero-order valence-corrected chi connectivity index (χ0v) is 10.9. The fourth-order valence-corrected chi connectivity index (χ4v) is 2.55. The van der Waals surface area contributed by atoms with E-state index in [1.165, 1.54) is 18.2 Å². The minimum absolute atomic E-state index is 0.0265. The number of halogens is 1. The summed E-state index contributed by atoms with van der Waals surface area (Å²) in [5.74, 6) is 3.56. The molecule has 106 valence electrons. The van der Waals surface area contributed by atoms with Gasteiger partial charge in [-0.15, -0.1) is 0 Å². The Labute approximate surface area is 114 Å². The van der Waals surface area contributed by atoms with Gasteiger partial charge in [-0.1, -0.05) is 12.1 Å². The Bertz CT molecular complexity index is 742. The fourth-order valence-electron chi connectivity index (χ4n) is 1.49. The van der Waals surface area contributed by atoms with Gasteiger partial charge in [-0.3, -0.25) is 14.9 Å². The quantitative estimate of drug-likeness (QED) is 0.375. The van der Waals surface area contributed by atoms with Crippen LogP contribution in [0.2, 0.25) is 0 Å². The lowest BCUT2D eigenvalue weighted by Gasteiger charge is -2.06. The number of hydrogen-bond acceptors (Lipinski definition) is 4. The van der Waals surface area contributed by atoms with Crippen molar-refractivity contribution in [3.63, 3.8) is 0 Å². The number of aromatic nitrogens is 1. The second kappa shape index (κ2) is 5.31. The topological polar surface area (TPSA) is 117 Å². The van der Waals surface area contributed by atoms with Gasteiger partial charge in [-0.2, -0.15) is 0 Å². The molecule has 20 heavy (non-hydrogen) atoms. The summed E-state index contributed by atoms with van der Waals surface area (Å²) in [5, 5.41) is 0. The summed E-state index contributed by atoms with van der Waals surface area (Å²) in [6.07, 6.45) is 1.10. The summed E-state index contributed by atoms with van der Waals surface area (Å²) in [5.41, 5.74) is 1.65. The van der Waals surface area contributed by atoms with E-state index < -0.39 is 21.7 Å². The van der Waals surface area contributed by atoms with E-state index in [4.69, 9.17) is 5.84 Å². The van der Waals surface area contributed by atoms with Gasteiger partial charge in [0, 0.05) is 6.20 Å². The smallest absolute Gasteiger partial charge is 0.281 e. The van der Waals surface area contributed by atoms with Crippen molar-refractivity contribution in [1.29, 1.82) is 0 Å². The van der Waals surface area contributed by atoms with E-state index in [2.05, 4.69) is 9.71 Å². The van der Waals surface area contributed by atoms with Crippen molar-refractivity contribution in [3.8, 4) is 0 Å². The highest BCUT2D eigenvalue weighted by atomic mass is 32.2. The summed E-state index contributed by atoms with van der Waals surface area (Å²) in [4.78, 5) is 13.5. The normalized spacial score (nSPS) is 11.1. The van der Waals surface area contributed by atoms with Crippen LogP contribution in [0, 0.1) is 5.82 Å². The number of sulfonamides is 1. The van der Waals surface area contributed by atoms with Crippen LogP contribution in [0.1, 0.15) is 10.5 Å². The molecule has 0 fully saturated rings. The monoisotopic (exact) mass is 298 g/mol. The maximum absolute atomic E-state index is 13.4. The molecule has 0 aliphatic rings. The molecule has 2 aromatic rings. The Hall–Kier alpha value is -2.39. The highest BCUT2D eigenvalue weighted by molar-refractivity contribution is 7.92. The molecule has 0 saturated carbocycles. The lowest BCUT2D eigenvalue weighted by atomic mass is 10.3. The van der Waals surface area contributed by atoms with E-state index in [0.717, 1.165) is 18.3 Å². The van der Waals surface area contributed by atoms with Crippen LogP contribution in [0.25, 0.3) is 0 Å². The number of para-hydroxylation sites is 1. The van der Waals surface area contributed by atoms with Gasteiger partial charge in [0.2, 0.25) is 0 Å². The number of hydrazine groups is 1. The van der Waals surface area contributed by atoms with E-state index in [1.807, 2.05) is 5.43 Å². The largest absolute Gasteiger partial charge is 0.356 e. The van der Waals surface area contributed by atoms with E-state index in [-0.39, 0.29) is 16.3 Å². The second-order valence-corrected chi connectivity index (χ2v) is 5.49. The number of H-pyrrole nitrogens is 1. The molecule has 0 atom stereocenters. The van der Waals surface area contributed by atoms with Crippen LogP contribution in [0.4, 0.5) is 10.1 Å². The van der Waals surface area contributed by atoms with Crippen molar-refractivity contribution in [2.24, 2.45) is 5.84 Å². The van der Waals surface area contributed by atoms with Crippen LogP contribution in [-0.2, 0) is 10.0 Å². The summed E-state index contributed by atoms with van der Waals surface area (Å²) in [6.45, 7) is 0. The van der Waals surface area contributed by atoms with Crippen LogP contribution in [0.15, 0.2) is 41.4 Å². The van der Waals surface area contributed by atoms with Crippen LogP contribution in [0.3, 0.4) is 0 Å². The van der Waals surface area contributed by atoms with Gasteiger partial charge in [-0.25, -0.2) is 18.7 Å². The third-order valence-corrected chi connectivity index (χ3v) is 3.81. The van der Waals surface area contributed by atoms with E-state index in [9.17, 15) is 17.6 Å². The number of hydrogen-bond donors (Lipinski definition) is 4. The average Bonchev–Trinajstić information content (AvgIpc) is 2.91. The SMILES string of the molecule is NNC(=O)c1cc(S(=O)(=O)Nc2ccccc2F)c[nH]1. The van der Waals surface area contributed by atoms with Crippen molar-refractivity contribution in [2.75, 3.05) is 4.72 Å². The third-order valence-electron chi connectivity index (χ3n) is 2.46. The van der Waals surface area contributed by atoms with Crippen LogP contribution in [0.5, 0.6) is 0 Å². The summed E-state index contributed by atoms with van der Waals surface area (Å²) >= 11 is 0. The molecule has 7 nitrogen and oxygen atoms in total. The fraction of sp³-hybridized carbons (Fsp3) is 0. The Balaban J connectivity index is 2.29. The molecule has 0 spiro atoms. The molecule has 0 unspecified atom stereocenters. The average molecular weight is 298 g/mol. The molecule has 1 aromatic heterocycles. The highest BCUT2D eigenvalue weighted by Gasteiger charge is 2.19. The maximum atomic E-state index is 13.4. The minimum atomic E-state index is -4.00. The number of nitrogens with two attached hydrogens (primary N) is 1. The van der Waals surface area contributed by atoms with E-state index in [0.29, 0.717) is 0 Å². The standard InChI is InChI=1S/C11H11FN4O3S/c12-8-3-1-2-4-9(8)16-20(18,19)7-5-10(14-6-7)11(17)15-13/h1-6,14,16H,13H2,(H,15,17). The first-order valence-corrected chi connectivity index (χ1v) is 6.89. The van der Waals surface area contributed by atoms with Crippen LogP contribution in [-0.4, -0.2) is 19.3 Å². The zero-order chi connectivity index (χ0) is 14.8. The molecule has 0 bridgehead atoms. The van der Waals surface area contributed by atoms with Gasteiger partial charge in [0.25, 0.3) is 15.9 Å². The van der Waals surface area contributed by atoms with Gasteiger partial charge >= 0.3 is 0 Å². The van der Waals surface area contributed by atoms with Crippen LogP contribution >= 0.6 is 0 Å². The summed E-state index contributed by atoms with van der Waals surface area (Å²) < 4.78 is 39.5. The summed E-state index contributed by atoms with van der Waals surface area (Å²) in [7, 11) is -4.00. The van der Waals surface area contributed by atoms with Crippen LogP contribution < -0.4 is 16.0 Å². The highest BCUT2D eigenvalue weighted by Crippen LogP contribution is 2.19. The number of aromatic amines is 1. The van der Waals surface area contributed by atoms with Gasteiger partial charge in [0.1, 0.15) is 16.4 Å². The zero-order valence-electron chi connectivity index (χ0n) is 10.1. The van der Waals surface area contributed by atoms with E-state index in [1.54, 1.807) is 0 Å². The molecule has 0 saturated heterocycles. The van der Waals surface area contributed by atoms with Gasteiger partial charge in [0.05, 0.1) is 5.69 Å². The van der Waals surface area contributed by atoms with Gasteiger partial charge < -0.3 is 4.98 Å². The lowest BCUT2D eigenvalue weighted by Crippen LogP contribution is -2.30. The van der Waals surface area contributed by atoms with Crippen molar-refractivity contribution < 1.29 is 17.6 Å². The number of amides is 1. The number of nitrogen functional groups attached to an aromatic ring is 1. The van der Waals surface area contributed by atoms with Gasteiger partial charge in [-0.05, 0) is 18.2 Å². The van der Waals surface area contributed by atoms with E-state index >= 15 is 0 Å². The number of anilines is 1. The molecule has 1 aromatic carbocycles. The van der Waals surface area contributed by atoms with Crippen molar-refractivity contribution in [3.05, 3.63) is 48.0 Å². The molecular weight excluding hydrogens is 287 g/mol. The van der Waals surface area contributed by atoms with Crippen molar-refractivity contribution in [2.45, 2.75) is 4.90 Å². The second-order valence-electron chi connectivity index (χ2n) is 3.81. The predicted octanol–water partition coefficient (Wildman–Crippen LogP) is 0.558. The van der Waals surface area contributed by atoms with Gasteiger partial charge in [0.15, 0.2) is 0 Å². The molecular formula is C11H11FN4O3S. The first-order valence-electron chi connectivity index (χ1n) is 5.41. The first kappa shape index (κ1) is 14.0. The molecule has 1 heterocycles. The molecule has 0 aliphatic heterocycles. The summed E-state index contributed by atoms with van der Waals surface area (Å²) in [6, 6.07) is 6.43. The molecule has 0 radical (unpaired) electrons. The lowest BCUT2D eigenvalue weighted by molar-refractivity contribution is 0.0949.